The molecule has 0 spiro atoms. The highest BCUT2D eigenvalue weighted by Crippen LogP contribution is 2.61. The van der Waals surface area contributed by atoms with Gasteiger partial charge in [-0.15, -0.1) is 0 Å². The summed E-state index contributed by atoms with van der Waals surface area (Å²) in [5, 5.41) is 43.3. The van der Waals surface area contributed by atoms with Crippen molar-refractivity contribution in [3.63, 3.8) is 0 Å². The number of hydrogen-bond donors (Lipinski definition) is 4. The lowest BCUT2D eigenvalue weighted by Gasteiger charge is -2.63. The SMILES string of the molecule is CC(C)=CC(CO)(C(O)OC12CC3CC(O)(CC(O)(C3)C1)C2)C(C)(C)C. The lowest BCUT2D eigenvalue weighted by Crippen LogP contribution is -2.68. The number of aliphatic hydroxyl groups is 4. The van der Waals surface area contributed by atoms with E-state index >= 15 is 0 Å². The van der Waals surface area contributed by atoms with E-state index in [-0.39, 0.29) is 12.5 Å². The Morgan fingerprint density at radius 3 is 2.00 bits per heavy atom. The highest BCUT2D eigenvalue weighted by molar-refractivity contribution is 5.17. The molecular weight excluding hydrogens is 332 g/mol. The second kappa shape index (κ2) is 6.02. The van der Waals surface area contributed by atoms with E-state index in [0.29, 0.717) is 32.1 Å². The summed E-state index contributed by atoms with van der Waals surface area (Å²) in [6.07, 6.45) is 4.12. The second-order valence-corrected chi connectivity index (χ2v) is 10.8. The van der Waals surface area contributed by atoms with Crippen molar-refractivity contribution in [1.82, 2.24) is 0 Å². The minimum atomic E-state index is -1.22. The summed E-state index contributed by atoms with van der Waals surface area (Å²) in [4.78, 5) is 0. The first-order valence-corrected chi connectivity index (χ1v) is 9.84. The highest BCUT2D eigenvalue weighted by atomic mass is 16.6. The predicted molar refractivity (Wildman–Crippen MR) is 99.3 cm³/mol. The Balaban J connectivity index is 1.93. The van der Waals surface area contributed by atoms with Gasteiger partial charge in [-0.05, 0) is 44.4 Å². The van der Waals surface area contributed by atoms with E-state index in [1.54, 1.807) is 0 Å². The van der Waals surface area contributed by atoms with Crippen LogP contribution in [0.3, 0.4) is 0 Å². The minimum Gasteiger partial charge on any atom is -0.395 e. The van der Waals surface area contributed by atoms with Gasteiger partial charge in [-0.1, -0.05) is 32.4 Å². The van der Waals surface area contributed by atoms with Crippen molar-refractivity contribution in [2.24, 2.45) is 16.7 Å². The number of allylic oxidation sites excluding steroid dienone is 1. The van der Waals surface area contributed by atoms with E-state index in [0.717, 1.165) is 12.0 Å². The van der Waals surface area contributed by atoms with E-state index in [4.69, 9.17) is 4.74 Å². The summed E-state index contributed by atoms with van der Waals surface area (Å²) in [7, 11) is 0. The number of hydrogen-bond acceptors (Lipinski definition) is 5. The maximum atomic E-state index is 11.2. The zero-order chi connectivity index (χ0) is 19.6. The Morgan fingerprint density at radius 1 is 1.08 bits per heavy atom. The fraction of sp³-hybridized carbons (Fsp3) is 0.905. The number of rotatable bonds is 5. The largest absolute Gasteiger partial charge is 0.395 e. The molecule has 0 amide bonds. The Hall–Kier alpha value is -0.460. The summed E-state index contributed by atoms with van der Waals surface area (Å²) in [5.74, 6) is 0.218. The average Bonchev–Trinajstić information content (AvgIpc) is 2.38. The minimum absolute atomic E-state index is 0.218. The molecule has 0 aromatic heterocycles. The van der Waals surface area contributed by atoms with Crippen molar-refractivity contribution in [1.29, 1.82) is 0 Å². The normalized spacial score (nSPS) is 42.4. The van der Waals surface area contributed by atoms with Gasteiger partial charge in [0.05, 0.1) is 28.8 Å². The number of aliphatic hydroxyl groups excluding tert-OH is 2. The van der Waals surface area contributed by atoms with Gasteiger partial charge >= 0.3 is 0 Å². The van der Waals surface area contributed by atoms with Crippen LogP contribution in [0.15, 0.2) is 11.6 Å². The van der Waals surface area contributed by atoms with E-state index in [2.05, 4.69) is 0 Å². The Labute approximate surface area is 157 Å². The molecule has 4 atom stereocenters. The van der Waals surface area contributed by atoms with Crippen LogP contribution >= 0.6 is 0 Å². The zero-order valence-corrected chi connectivity index (χ0v) is 16.9. The van der Waals surface area contributed by atoms with Crippen LogP contribution in [0.4, 0.5) is 0 Å². The van der Waals surface area contributed by atoms with Crippen molar-refractivity contribution in [2.75, 3.05) is 6.61 Å². The molecule has 5 heteroatoms. The highest BCUT2D eigenvalue weighted by Gasteiger charge is 2.64. The Morgan fingerprint density at radius 2 is 1.62 bits per heavy atom. The topological polar surface area (TPSA) is 90.2 Å². The first-order valence-electron chi connectivity index (χ1n) is 9.84. The van der Waals surface area contributed by atoms with Crippen molar-refractivity contribution in [2.45, 2.75) is 96.2 Å². The van der Waals surface area contributed by atoms with Crippen LogP contribution in [0, 0.1) is 16.7 Å². The quantitative estimate of drug-likeness (QED) is 0.442. The summed E-state index contributed by atoms with van der Waals surface area (Å²) in [5.41, 5.74) is -2.94. The molecule has 0 aliphatic heterocycles. The second-order valence-electron chi connectivity index (χ2n) is 10.8. The fourth-order valence-corrected chi connectivity index (χ4v) is 6.26. The van der Waals surface area contributed by atoms with Gasteiger partial charge in [0, 0.05) is 19.3 Å². The molecule has 0 radical (unpaired) electrons. The maximum absolute atomic E-state index is 11.2. The van der Waals surface area contributed by atoms with Gasteiger partial charge in [0.15, 0.2) is 6.29 Å². The van der Waals surface area contributed by atoms with Crippen LogP contribution in [0.25, 0.3) is 0 Å². The van der Waals surface area contributed by atoms with Gasteiger partial charge in [-0.2, -0.15) is 0 Å². The van der Waals surface area contributed by atoms with Crippen LogP contribution in [-0.4, -0.2) is 50.1 Å². The van der Waals surface area contributed by atoms with Crippen LogP contribution < -0.4 is 0 Å². The molecule has 4 fully saturated rings. The molecule has 4 aliphatic rings. The zero-order valence-electron chi connectivity index (χ0n) is 16.9. The average molecular weight is 369 g/mol. The molecule has 5 nitrogen and oxygen atoms in total. The van der Waals surface area contributed by atoms with Crippen molar-refractivity contribution in [3.05, 3.63) is 11.6 Å². The van der Waals surface area contributed by atoms with Gasteiger partial charge in [-0.3, -0.25) is 0 Å². The molecule has 4 N–H and O–H groups in total. The summed E-state index contributed by atoms with van der Waals surface area (Å²) >= 11 is 0. The molecule has 0 aromatic rings. The van der Waals surface area contributed by atoms with E-state index < -0.39 is 33.9 Å². The molecule has 4 bridgehead atoms. The van der Waals surface area contributed by atoms with E-state index in [1.165, 1.54) is 0 Å². The van der Waals surface area contributed by atoms with Crippen LogP contribution in [-0.2, 0) is 4.74 Å². The monoisotopic (exact) mass is 368 g/mol. The maximum Gasteiger partial charge on any atom is 0.167 e. The first kappa shape index (κ1) is 20.3. The molecule has 4 unspecified atom stereocenters. The van der Waals surface area contributed by atoms with Gasteiger partial charge in [0.25, 0.3) is 0 Å². The van der Waals surface area contributed by atoms with Crippen molar-refractivity contribution in [3.8, 4) is 0 Å². The molecule has 0 aromatic carbocycles. The standard InChI is InChI=1S/C21H36O5/c1-14(2)6-21(13-22,17(3,4)5)16(23)26-20-9-15-7-18(24,11-20)10-19(25,8-15)12-20/h6,15-16,22-25H,7-13H2,1-5H3. The lowest BCUT2D eigenvalue weighted by molar-refractivity contribution is -0.324. The van der Waals surface area contributed by atoms with Crippen LogP contribution in [0.1, 0.15) is 73.1 Å². The summed E-state index contributed by atoms with van der Waals surface area (Å²) < 4.78 is 6.30. The van der Waals surface area contributed by atoms with Gasteiger partial charge in [-0.25, -0.2) is 0 Å². The third-order valence-electron chi connectivity index (χ3n) is 6.97. The van der Waals surface area contributed by atoms with Gasteiger partial charge < -0.3 is 25.2 Å². The third kappa shape index (κ3) is 3.26. The molecule has 0 heterocycles. The number of ether oxygens (including phenoxy) is 1. The molecule has 4 saturated carbocycles. The molecule has 26 heavy (non-hydrogen) atoms. The summed E-state index contributed by atoms with van der Waals surface area (Å²) in [6, 6.07) is 0. The molecule has 4 aliphatic carbocycles. The molecular formula is C21H36O5. The lowest BCUT2D eigenvalue weighted by atomic mass is 9.50. The third-order valence-corrected chi connectivity index (χ3v) is 6.97. The van der Waals surface area contributed by atoms with E-state index in [1.807, 2.05) is 40.7 Å². The Kier molecular flexibility index (Phi) is 4.69. The predicted octanol–water partition coefficient (Wildman–Crippen LogP) is 2.51. The van der Waals surface area contributed by atoms with Crippen molar-refractivity contribution >= 4 is 0 Å². The molecule has 150 valence electrons. The van der Waals surface area contributed by atoms with E-state index in [9.17, 15) is 20.4 Å². The van der Waals surface area contributed by atoms with Gasteiger partial charge in [0.2, 0.25) is 0 Å². The van der Waals surface area contributed by atoms with Crippen LogP contribution in [0.2, 0.25) is 0 Å². The van der Waals surface area contributed by atoms with Crippen LogP contribution in [0.5, 0.6) is 0 Å². The van der Waals surface area contributed by atoms with Gasteiger partial charge in [0.1, 0.15) is 0 Å². The Bertz CT molecular complexity index is 570. The fourth-order valence-electron chi connectivity index (χ4n) is 6.26. The molecule has 4 rings (SSSR count). The summed E-state index contributed by atoms with van der Waals surface area (Å²) in [6.45, 7) is 9.59. The molecule has 0 saturated heterocycles. The first-order chi connectivity index (χ1) is 11.8. The van der Waals surface area contributed by atoms with Crippen molar-refractivity contribution < 1.29 is 25.2 Å². The smallest absolute Gasteiger partial charge is 0.167 e.